The van der Waals surface area contributed by atoms with Crippen LogP contribution in [0.25, 0.3) is 0 Å². The highest BCUT2D eigenvalue weighted by Crippen LogP contribution is 2.00. The normalized spacial score (nSPS) is 10.6. The molecule has 0 N–H and O–H groups in total. The topological polar surface area (TPSA) is 81.7 Å². The van der Waals surface area contributed by atoms with Crippen LogP contribution in [0.2, 0.25) is 0 Å². The molecule has 0 fully saturated rings. The van der Waals surface area contributed by atoms with Crippen molar-refractivity contribution in [2.75, 3.05) is 85.9 Å². The average Bonchev–Trinajstić information content (AvgIpc) is 2.78. The number of ether oxygens (including phenoxy) is 7. The van der Waals surface area contributed by atoms with E-state index < -0.39 is 0 Å². The van der Waals surface area contributed by atoms with E-state index >= 15 is 0 Å². The summed E-state index contributed by atoms with van der Waals surface area (Å²) in [5, 5.41) is 0. The molecule has 8 nitrogen and oxygen atoms in total. The highest BCUT2D eigenvalue weighted by Gasteiger charge is 2.04. The second-order valence-corrected chi connectivity index (χ2v) is 5.82. The van der Waals surface area contributed by atoms with Crippen molar-refractivity contribution in [3.05, 3.63) is 35.9 Å². The first-order valence-electron chi connectivity index (χ1n) is 9.96. The molecule has 1 aromatic rings. The van der Waals surface area contributed by atoms with E-state index in [0.717, 1.165) is 0 Å². The Morgan fingerprint density at radius 3 is 1.47 bits per heavy atom. The number of carbonyl (C=O) groups excluding carboxylic acids is 1. The van der Waals surface area contributed by atoms with Crippen LogP contribution in [0.15, 0.2) is 30.3 Å². The summed E-state index contributed by atoms with van der Waals surface area (Å²) in [4.78, 5) is 11.7. The second-order valence-electron chi connectivity index (χ2n) is 5.82. The van der Waals surface area contributed by atoms with Crippen LogP contribution in [0, 0.1) is 12.3 Å². The Balaban J connectivity index is 1.72. The van der Waals surface area contributed by atoms with Crippen LogP contribution in [-0.4, -0.2) is 91.9 Å². The SMILES string of the molecule is C#CCOCCOCCOCCOCCOCCOCCOC(=O)c1ccccc1. The standard InChI is InChI=1S/C22H32O8/c1-2-8-24-9-10-25-11-12-26-13-14-27-15-16-28-17-18-29-19-20-30-22(23)21-6-4-3-5-7-21/h1,3-7H,8-20H2. The van der Waals surface area contributed by atoms with Gasteiger partial charge in [-0.25, -0.2) is 4.79 Å². The first kappa shape index (κ1) is 26.0. The van der Waals surface area contributed by atoms with Gasteiger partial charge in [-0.2, -0.15) is 0 Å². The lowest BCUT2D eigenvalue weighted by Crippen LogP contribution is -2.15. The van der Waals surface area contributed by atoms with Gasteiger partial charge in [-0.15, -0.1) is 6.42 Å². The number of rotatable bonds is 20. The lowest BCUT2D eigenvalue weighted by molar-refractivity contribution is -0.0184. The van der Waals surface area contributed by atoms with Crippen LogP contribution in [0.4, 0.5) is 0 Å². The smallest absolute Gasteiger partial charge is 0.338 e. The molecule has 0 radical (unpaired) electrons. The molecule has 0 aliphatic carbocycles. The number of benzene rings is 1. The Morgan fingerprint density at radius 2 is 1.03 bits per heavy atom. The van der Waals surface area contributed by atoms with Crippen molar-refractivity contribution in [1.82, 2.24) is 0 Å². The molecule has 0 aliphatic heterocycles. The Morgan fingerprint density at radius 1 is 0.633 bits per heavy atom. The van der Waals surface area contributed by atoms with Crippen LogP contribution in [0.1, 0.15) is 10.4 Å². The fraction of sp³-hybridized carbons (Fsp3) is 0.591. The predicted octanol–water partition coefficient (Wildman–Crippen LogP) is 1.58. The maximum atomic E-state index is 11.7. The molecule has 1 aromatic carbocycles. The molecular weight excluding hydrogens is 392 g/mol. The Labute approximate surface area is 178 Å². The van der Waals surface area contributed by atoms with Crippen molar-refractivity contribution >= 4 is 5.97 Å². The minimum absolute atomic E-state index is 0.210. The van der Waals surface area contributed by atoms with Gasteiger partial charge in [0.05, 0.1) is 78.2 Å². The van der Waals surface area contributed by atoms with Crippen LogP contribution >= 0.6 is 0 Å². The fourth-order valence-electron chi connectivity index (χ4n) is 2.08. The summed E-state index contributed by atoms with van der Waals surface area (Å²) in [6.45, 7) is 5.70. The van der Waals surface area contributed by atoms with Gasteiger partial charge in [-0.1, -0.05) is 24.1 Å². The molecular formula is C22H32O8. The van der Waals surface area contributed by atoms with Gasteiger partial charge in [0.25, 0.3) is 0 Å². The fourth-order valence-corrected chi connectivity index (χ4v) is 2.08. The number of hydrogen-bond acceptors (Lipinski definition) is 8. The maximum absolute atomic E-state index is 11.7. The molecule has 0 unspecified atom stereocenters. The van der Waals surface area contributed by atoms with Gasteiger partial charge in [-0.3, -0.25) is 0 Å². The van der Waals surface area contributed by atoms with E-state index in [1.807, 2.05) is 6.07 Å². The van der Waals surface area contributed by atoms with Crippen LogP contribution in [0.5, 0.6) is 0 Å². The maximum Gasteiger partial charge on any atom is 0.338 e. The number of esters is 1. The van der Waals surface area contributed by atoms with Gasteiger partial charge >= 0.3 is 5.97 Å². The third-order valence-electron chi connectivity index (χ3n) is 3.52. The van der Waals surface area contributed by atoms with E-state index in [-0.39, 0.29) is 12.6 Å². The predicted molar refractivity (Wildman–Crippen MR) is 110 cm³/mol. The molecule has 0 atom stereocenters. The molecule has 30 heavy (non-hydrogen) atoms. The van der Waals surface area contributed by atoms with Gasteiger partial charge in [-0.05, 0) is 12.1 Å². The Kier molecular flexibility index (Phi) is 17.6. The number of hydrogen-bond donors (Lipinski definition) is 0. The van der Waals surface area contributed by atoms with Gasteiger partial charge in [0.2, 0.25) is 0 Å². The quantitative estimate of drug-likeness (QED) is 0.177. The van der Waals surface area contributed by atoms with Crippen molar-refractivity contribution in [3.63, 3.8) is 0 Å². The summed E-state index contributed by atoms with van der Waals surface area (Å²) in [6.07, 6.45) is 5.05. The zero-order valence-corrected chi connectivity index (χ0v) is 17.4. The number of carbonyl (C=O) groups is 1. The van der Waals surface area contributed by atoms with Gasteiger partial charge < -0.3 is 33.2 Å². The zero-order valence-electron chi connectivity index (χ0n) is 17.4. The monoisotopic (exact) mass is 424 g/mol. The second kappa shape index (κ2) is 20.3. The lowest BCUT2D eigenvalue weighted by atomic mass is 10.2. The van der Waals surface area contributed by atoms with E-state index in [1.54, 1.807) is 24.3 Å². The van der Waals surface area contributed by atoms with Crippen LogP contribution in [-0.2, 0) is 33.2 Å². The molecule has 168 valence electrons. The molecule has 0 aliphatic rings. The highest BCUT2D eigenvalue weighted by molar-refractivity contribution is 5.89. The van der Waals surface area contributed by atoms with E-state index in [9.17, 15) is 4.79 Å². The zero-order chi connectivity index (χ0) is 21.5. The van der Waals surface area contributed by atoms with E-state index in [4.69, 9.17) is 39.6 Å². The minimum Gasteiger partial charge on any atom is -0.460 e. The molecule has 0 saturated heterocycles. The van der Waals surface area contributed by atoms with Gasteiger partial charge in [0.1, 0.15) is 13.2 Å². The van der Waals surface area contributed by atoms with E-state index in [2.05, 4.69) is 5.92 Å². The Hall–Kier alpha value is -1.99. The molecule has 0 bridgehead atoms. The summed E-state index contributed by atoms with van der Waals surface area (Å²) in [7, 11) is 0. The first-order valence-corrected chi connectivity index (χ1v) is 9.96. The summed E-state index contributed by atoms with van der Waals surface area (Å²) < 4.78 is 37.0. The molecule has 8 heteroatoms. The molecule has 0 amide bonds. The minimum atomic E-state index is -0.352. The summed E-state index contributed by atoms with van der Waals surface area (Å²) >= 11 is 0. The third-order valence-corrected chi connectivity index (χ3v) is 3.52. The van der Waals surface area contributed by atoms with Crippen molar-refractivity contribution in [1.29, 1.82) is 0 Å². The number of terminal acetylenes is 1. The first-order chi connectivity index (χ1) is 14.8. The Bertz CT molecular complexity index is 558. The van der Waals surface area contributed by atoms with Crippen molar-refractivity contribution in [2.24, 2.45) is 0 Å². The van der Waals surface area contributed by atoms with E-state index in [0.29, 0.717) is 84.8 Å². The third kappa shape index (κ3) is 15.9. The molecule has 1 rings (SSSR count). The van der Waals surface area contributed by atoms with Gasteiger partial charge in [0, 0.05) is 0 Å². The van der Waals surface area contributed by atoms with Crippen molar-refractivity contribution in [2.45, 2.75) is 0 Å². The average molecular weight is 424 g/mol. The van der Waals surface area contributed by atoms with E-state index in [1.165, 1.54) is 0 Å². The summed E-state index contributed by atoms with van der Waals surface area (Å²) in [5.74, 6) is 2.03. The lowest BCUT2D eigenvalue weighted by Gasteiger charge is -2.08. The van der Waals surface area contributed by atoms with Crippen LogP contribution in [0.3, 0.4) is 0 Å². The summed E-state index contributed by atoms with van der Waals surface area (Å²) in [6, 6.07) is 8.85. The highest BCUT2D eigenvalue weighted by atomic mass is 16.6. The van der Waals surface area contributed by atoms with Crippen LogP contribution < -0.4 is 0 Å². The largest absolute Gasteiger partial charge is 0.460 e. The van der Waals surface area contributed by atoms with Crippen molar-refractivity contribution < 1.29 is 38.0 Å². The molecule has 0 saturated carbocycles. The molecule has 0 heterocycles. The van der Waals surface area contributed by atoms with Gasteiger partial charge in [0.15, 0.2) is 0 Å². The molecule has 0 aromatic heterocycles. The summed E-state index contributed by atoms with van der Waals surface area (Å²) in [5.41, 5.74) is 0.529. The van der Waals surface area contributed by atoms with Crippen molar-refractivity contribution in [3.8, 4) is 12.3 Å². The molecule has 0 spiro atoms.